The highest BCUT2D eigenvalue weighted by atomic mass is 32.2. The zero-order valence-electron chi connectivity index (χ0n) is 22.8. The molecule has 2 fully saturated rings. The lowest BCUT2D eigenvalue weighted by atomic mass is 10.1. The van der Waals surface area contributed by atoms with E-state index in [9.17, 15) is 18.0 Å². The minimum absolute atomic E-state index is 0.160. The molecule has 0 unspecified atom stereocenters. The molecular formula is C28H33N5O6S. The van der Waals surface area contributed by atoms with Crippen LogP contribution in [0.1, 0.15) is 50.9 Å². The molecule has 0 spiro atoms. The summed E-state index contributed by atoms with van der Waals surface area (Å²) in [6, 6.07) is 14.1. The Morgan fingerprint density at radius 2 is 1.75 bits per heavy atom. The second kappa shape index (κ2) is 11.3. The number of aromatic nitrogens is 2. The Labute approximate surface area is 233 Å². The molecule has 40 heavy (non-hydrogen) atoms. The first-order valence-corrected chi connectivity index (χ1v) is 15.0. The van der Waals surface area contributed by atoms with Crippen molar-refractivity contribution in [2.75, 3.05) is 39.5 Å². The van der Waals surface area contributed by atoms with Crippen molar-refractivity contribution < 1.29 is 27.5 Å². The van der Waals surface area contributed by atoms with E-state index in [4.69, 9.17) is 9.47 Å². The first-order chi connectivity index (χ1) is 19.1. The summed E-state index contributed by atoms with van der Waals surface area (Å²) < 4.78 is 38.1. The zero-order valence-corrected chi connectivity index (χ0v) is 23.6. The molecule has 2 aromatic carbocycles. The maximum absolute atomic E-state index is 12.9. The Kier molecular flexibility index (Phi) is 7.81. The van der Waals surface area contributed by atoms with Gasteiger partial charge in [-0.15, -0.1) is 0 Å². The largest absolute Gasteiger partial charge is 0.492 e. The summed E-state index contributed by atoms with van der Waals surface area (Å²) in [4.78, 5) is 27.4. The van der Waals surface area contributed by atoms with Crippen LogP contribution in [0.2, 0.25) is 0 Å². The fourth-order valence-electron chi connectivity index (χ4n) is 4.76. The van der Waals surface area contributed by atoms with Crippen molar-refractivity contribution >= 4 is 21.8 Å². The number of piperazine rings is 1. The number of benzene rings is 2. The van der Waals surface area contributed by atoms with Crippen molar-refractivity contribution in [1.82, 2.24) is 24.3 Å². The van der Waals surface area contributed by atoms with E-state index in [0.717, 1.165) is 24.1 Å². The highest BCUT2D eigenvalue weighted by Gasteiger charge is 2.28. The second-order valence-electron chi connectivity index (χ2n) is 10.1. The smallest absolute Gasteiger partial charge is 0.269 e. The molecule has 1 N–H and O–H groups in total. The molecule has 1 aliphatic carbocycles. The minimum atomic E-state index is -3.26. The molecule has 0 radical (unpaired) electrons. The Morgan fingerprint density at radius 3 is 2.38 bits per heavy atom. The van der Waals surface area contributed by atoms with Gasteiger partial charge in [-0.2, -0.15) is 9.40 Å². The first-order valence-electron chi connectivity index (χ1n) is 13.1. The van der Waals surface area contributed by atoms with Crippen molar-refractivity contribution in [3.05, 3.63) is 71.0 Å². The van der Waals surface area contributed by atoms with Crippen LogP contribution in [0.4, 0.5) is 0 Å². The molecule has 12 heteroatoms. The van der Waals surface area contributed by atoms with Crippen LogP contribution in [0.5, 0.6) is 17.2 Å². The highest BCUT2D eigenvalue weighted by molar-refractivity contribution is 7.88. The summed E-state index contributed by atoms with van der Waals surface area (Å²) in [5.41, 5.74) is 2.71. The van der Waals surface area contributed by atoms with Gasteiger partial charge < -0.3 is 19.7 Å². The Balaban J connectivity index is 1.21. The van der Waals surface area contributed by atoms with E-state index in [1.807, 2.05) is 18.2 Å². The highest BCUT2D eigenvalue weighted by Crippen LogP contribution is 2.39. The summed E-state index contributed by atoms with van der Waals surface area (Å²) >= 11 is 0. The van der Waals surface area contributed by atoms with Gasteiger partial charge in [0.15, 0.2) is 11.5 Å². The van der Waals surface area contributed by atoms with Crippen molar-refractivity contribution in [1.29, 1.82) is 0 Å². The summed E-state index contributed by atoms with van der Waals surface area (Å²) in [6.07, 6.45) is 3.41. The lowest BCUT2D eigenvalue weighted by Gasteiger charge is -2.33. The standard InChI is InChI=1S/C28H33N5O6S/c1-31-24(17-23(30-31)19-7-8-19)27(34)29-18-21-5-4-6-25(26(21)38-2)39-22-11-9-20(10-12-22)28(35)32-13-15-33(16-14-32)40(3,36)37/h4-6,9-12,17,19H,7-8,13-16,18H2,1-3H3,(H,29,34). The van der Waals surface area contributed by atoms with Gasteiger partial charge in [0.2, 0.25) is 10.0 Å². The van der Waals surface area contributed by atoms with Gasteiger partial charge in [-0.25, -0.2) is 8.42 Å². The molecule has 1 aromatic heterocycles. The van der Waals surface area contributed by atoms with Gasteiger partial charge in [0.05, 0.1) is 19.1 Å². The predicted octanol–water partition coefficient (Wildman–Crippen LogP) is 2.75. The predicted molar refractivity (Wildman–Crippen MR) is 148 cm³/mol. The number of carbonyl (C=O) groups excluding carboxylic acids is 2. The van der Waals surface area contributed by atoms with Gasteiger partial charge >= 0.3 is 0 Å². The molecule has 2 heterocycles. The lowest BCUT2D eigenvalue weighted by molar-refractivity contribution is 0.0698. The second-order valence-corrected chi connectivity index (χ2v) is 12.0. The van der Waals surface area contributed by atoms with Crippen LogP contribution < -0.4 is 14.8 Å². The molecule has 11 nitrogen and oxygen atoms in total. The van der Waals surface area contributed by atoms with Gasteiger partial charge in [-0.3, -0.25) is 14.3 Å². The molecule has 5 rings (SSSR count). The molecular weight excluding hydrogens is 534 g/mol. The van der Waals surface area contributed by atoms with Gasteiger partial charge in [-0.05, 0) is 49.2 Å². The monoisotopic (exact) mass is 567 g/mol. The van der Waals surface area contributed by atoms with Crippen LogP contribution in [-0.4, -0.2) is 78.8 Å². The van der Waals surface area contributed by atoms with Crippen LogP contribution >= 0.6 is 0 Å². The summed E-state index contributed by atoms with van der Waals surface area (Å²) in [5.74, 6) is 1.57. The average molecular weight is 568 g/mol. The van der Waals surface area contributed by atoms with Crippen LogP contribution in [-0.2, 0) is 23.6 Å². The number of rotatable bonds is 9. The number of amides is 2. The third-order valence-corrected chi connectivity index (χ3v) is 8.46. The molecule has 3 aromatic rings. The summed E-state index contributed by atoms with van der Waals surface area (Å²) in [5, 5.41) is 7.40. The summed E-state index contributed by atoms with van der Waals surface area (Å²) in [6.45, 7) is 1.49. The molecule has 2 amide bonds. The molecule has 1 saturated heterocycles. The van der Waals surface area contributed by atoms with E-state index in [1.54, 1.807) is 54.1 Å². The maximum Gasteiger partial charge on any atom is 0.269 e. The lowest BCUT2D eigenvalue weighted by Crippen LogP contribution is -2.50. The Bertz CT molecular complexity index is 1510. The fraction of sp³-hybridized carbons (Fsp3) is 0.393. The van der Waals surface area contributed by atoms with Gasteiger partial charge in [-0.1, -0.05) is 12.1 Å². The van der Waals surface area contributed by atoms with E-state index in [1.165, 1.54) is 10.6 Å². The number of nitrogens with one attached hydrogen (secondary N) is 1. The van der Waals surface area contributed by atoms with E-state index in [-0.39, 0.29) is 31.4 Å². The van der Waals surface area contributed by atoms with Crippen LogP contribution in [0.25, 0.3) is 0 Å². The molecule has 0 atom stereocenters. The van der Waals surface area contributed by atoms with Crippen LogP contribution in [0.3, 0.4) is 0 Å². The minimum Gasteiger partial charge on any atom is -0.492 e. The molecule has 1 aliphatic heterocycles. The first kappa shape index (κ1) is 27.7. The van der Waals surface area contributed by atoms with Crippen LogP contribution in [0, 0.1) is 0 Å². The maximum atomic E-state index is 12.9. The quantitative estimate of drug-likeness (QED) is 0.422. The van der Waals surface area contributed by atoms with Crippen molar-refractivity contribution in [3.8, 4) is 17.2 Å². The normalized spacial score (nSPS) is 16.0. The van der Waals surface area contributed by atoms with E-state index in [2.05, 4.69) is 10.4 Å². The molecule has 0 bridgehead atoms. The van der Waals surface area contributed by atoms with Crippen molar-refractivity contribution in [3.63, 3.8) is 0 Å². The average Bonchev–Trinajstić information content (AvgIpc) is 3.72. The number of aryl methyl sites for hydroxylation is 1. The fourth-order valence-corrected chi connectivity index (χ4v) is 5.58. The number of carbonyl (C=O) groups is 2. The zero-order chi connectivity index (χ0) is 28.4. The number of hydrogen-bond acceptors (Lipinski definition) is 7. The van der Waals surface area contributed by atoms with E-state index in [0.29, 0.717) is 47.5 Å². The number of methoxy groups -OCH3 is 1. The number of ether oxygens (including phenoxy) is 2. The number of sulfonamides is 1. The van der Waals surface area contributed by atoms with E-state index < -0.39 is 10.0 Å². The van der Waals surface area contributed by atoms with Crippen LogP contribution in [0.15, 0.2) is 48.5 Å². The third-order valence-electron chi connectivity index (χ3n) is 7.15. The molecule has 2 aliphatic rings. The van der Waals surface area contributed by atoms with Gasteiger partial charge in [0.25, 0.3) is 11.8 Å². The van der Waals surface area contributed by atoms with E-state index >= 15 is 0 Å². The number of hydrogen-bond donors (Lipinski definition) is 1. The number of para-hydroxylation sites is 1. The Morgan fingerprint density at radius 1 is 1.05 bits per heavy atom. The molecule has 1 saturated carbocycles. The van der Waals surface area contributed by atoms with Crippen molar-refractivity contribution in [2.45, 2.75) is 25.3 Å². The molecule has 212 valence electrons. The Hall–Kier alpha value is -3.90. The SMILES string of the molecule is COc1c(CNC(=O)c2cc(C3CC3)nn2C)cccc1Oc1ccc(C(=O)N2CCN(S(C)(=O)=O)CC2)cc1. The number of nitrogens with zero attached hydrogens (tertiary/aromatic N) is 4. The third kappa shape index (κ3) is 6.13. The topological polar surface area (TPSA) is 123 Å². The summed E-state index contributed by atoms with van der Waals surface area (Å²) in [7, 11) is 0.0529. The van der Waals surface area contributed by atoms with Gasteiger partial charge in [0.1, 0.15) is 11.4 Å². The van der Waals surface area contributed by atoms with Crippen molar-refractivity contribution in [2.24, 2.45) is 7.05 Å². The van der Waals surface area contributed by atoms with Gasteiger partial charge in [0, 0.05) is 56.8 Å².